The summed E-state index contributed by atoms with van der Waals surface area (Å²) in [7, 11) is 1.80. The summed E-state index contributed by atoms with van der Waals surface area (Å²) in [5, 5.41) is 8.09. The van der Waals surface area contributed by atoms with Gasteiger partial charge in [0.15, 0.2) is 0 Å². The van der Waals surface area contributed by atoms with Gasteiger partial charge < -0.3 is 10.2 Å². The fourth-order valence-corrected chi connectivity index (χ4v) is 5.22. The van der Waals surface area contributed by atoms with Gasteiger partial charge in [0.1, 0.15) is 5.69 Å². The normalized spacial score (nSPS) is 20.5. The van der Waals surface area contributed by atoms with Crippen LogP contribution in [-0.2, 0) is 12.5 Å². The molecule has 2 fully saturated rings. The second kappa shape index (κ2) is 8.88. The molecule has 0 unspecified atom stereocenters. The molecule has 0 atom stereocenters. The number of hydrogen-bond acceptors (Lipinski definition) is 3. The minimum absolute atomic E-state index is 0.0200. The van der Waals surface area contributed by atoms with Crippen LogP contribution in [0, 0.1) is 0 Å². The topological polar surface area (TPSA) is 50.2 Å². The molecule has 2 heterocycles. The molecule has 1 N–H and O–H groups in total. The third-order valence-electron chi connectivity index (χ3n) is 6.77. The highest BCUT2D eigenvalue weighted by Gasteiger charge is 2.36. The zero-order valence-electron chi connectivity index (χ0n) is 17.2. The molecule has 1 aromatic heterocycles. The Morgan fingerprint density at radius 2 is 1.83 bits per heavy atom. The number of hydrogen-bond donors (Lipinski definition) is 1. The number of aryl methyl sites for hydroxylation is 1. The molecule has 29 heavy (non-hydrogen) atoms. The number of carbonyl (C=O) groups excluding carboxylic acids is 1. The monoisotopic (exact) mass is 414 g/mol. The third-order valence-corrected chi connectivity index (χ3v) is 7.02. The molecule has 156 valence electrons. The first-order chi connectivity index (χ1) is 14.1. The molecule has 0 radical (unpaired) electrons. The summed E-state index contributed by atoms with van der Waals surface area (Å²) in [5.74, 6) is -0.0200. The summed E-state index contributed by atoms with van der Waals surface area (Å²) in [4.78, 5) is 15.1. The molecule has 6 heteroatoms. The largest absolute Gasteiger partial charge is 0.348 e. The Hall–Kier alpha value is -1.85. The first kappa shape index (κ1) is 20.4. The van der Waals surface area contributed by atoms with Crippen molar-refractivity contribution in [1.29, 1.82) is 0 Å². The van der Waals surface area contributed by atoms with Crippen molar-refractivity contribution in [2.75, 3.05) is 19.6 Å². The zero-order chi connectivity index (χ0) is 20.3. The minimum Gasteiger partial charge on any atom is -0.348 e. The van der Waals surface area contributed by atoms with Crippen molar-refractivity contribution in [1.82, 2.24) is 20.0 Å². The molecule has 1 aliphatic carbocycles. The van der Waals surface area contributed by atoms with Gasteiger partial charge in [-0.15, -0.1) is 0 Å². The molecule has 2 aromatic rings. The van der Waals surface area contributed by atoms with Crippen molar-refractivity contribution in [2.45, 2.75) is 56.4 Å². The molecule has 1 saturated carbocycles. The quantitative estimate of drug-likeness (QED) is 0.798. The fraction of sp³-hybridized carbons (Fsp3) is 0.565. The van der Waals surface area contributed by atoms with E-state index in [1.807, 2.05) is 12.1 Å². The number of nitrogens with one attached hydrogen (secondary N) is 1. The van der Waals surface area contributed by atoms with Gasteiger partial charge in [-0.2, -0.15) is 5.10 Å². The van der Waals surface area contributed by atoms with Crippen molar-refractivity contribution in [3.63, 3.8) is 0 Å². The maximum atomic E-state index is 12.5. The first-order valence-electron chi connectivity index (χ1n) is 10.8. The number of halogens is 1. The number of benzene rings is 1. The molecular weight excluding hydrogens is 384 g/mol. The van der Waals surface area contributed by atoms with Crippen LogP contribution in [0.2, 0.25) is 5.02 Å². The van der Waals surface area contributed by atoms with Gasteiger partial charge in [-0.25, -0.2) is 0 Å². The van der Waals surface area contributed by atoms with E-state index < -0.39 is 0 Å². The van der Waals surface area contributed by atoms with Gasteiger partial charge in [-0.05, 0) is 49.4 Å². The van der Waals surface area contributed by atoms with Gasteiger partial charge in [0.2, 0.25) is 0 Å². The predicted octanol–water partition coefficient (Wildman–Crippen LogP) is 4.17. The van der Waals surface area contributed by atoms with Gasteiger partial charge in [-0.3, -0.25) is 9.48 Å². The standard InChI is InChI=1S/C23H31ClN4O/c1-27-21(9-14-25-27)22(29)26-20-10-15-28(16-11-20)17-23(12-3-2-4-13-23)18-5-7-19(24)8-6-18/h5-9,14,20H,2-4,10-13,15-17H2,1H3,(H,26,29). The molecule has 0 bridgehead atoms. The number of likely N-dealkylation sites (tertiary alicyclic amines) is 1. The number of nitrogens with zero attached hydrogens (tertiary/aromatic N) is 3. The van der Waals surface area contributed by atoms with Gasteiger partial charge in [0.25, 0.3) is 5.91 Å². The average molecular weight is 415 g/mol. The van der Waals surface area contributed by atoms with Crippen LogP contribution < -0.4 is 5.32 Å². The summed E-state index contributed by atoms with van der Waals surface area (Å²) < 4.78 is 1.63. The SMILES string of the molecule is Cn1nccc1C(=O)NC1CCN(CC2(c3ccc(Cl)cc3)CCCCC2)CC1. The average Bonchev–Trinajstić information content (AvgIpc) is 3.17. The van der Waals surface area contributed by atoms with Gasteiger partial charge in [0, 0.05) is 49.4 Å². The van der Waals surface area contributed by atoms with E-state index >= 15 is 0 Å². The smallest absolute Gasteiger partial charge is 0.269 e. The summed E-state index contributed by atoms with van der Waals surface area (Å²) in [6, 6.07) is 10.5. The van der Waals surface area contributed by atoms with E-state index in [1.165, 1.54) is 37.7 Å². The summed E-state index contributed by atoms with van der Waals surface area (Å²) in [6.45, 7) is 3.17. The Labute approximate surface area is 178 Å². The van der Waals surface area contributed by atoms with E-state index in [9.17, 15) is 4.79 Å². The Bertz CT molecular complexity index is 818. The molecule has 1 saturated heterocycles. The Kier molecular flexibility index (Phi) is 6.26. The summed E-state index contributed by atoms with van der Waals surface area (Å²) in [5.41, 5.74) is 2.30. The van der Waals surface area contributed by atoms with Crippen LogP contribution in [0.4, 0.5) is 0 Å². The van der Waals surface area contributed by atoms with E-state index in [1.54, 1.807) is 24.0 Å². The highest BCUT2D eigenvalue weighted by atomic mass is 35.5. The zero-order valence-corrected chi connectivity index (χ0v) is 18.0. The van der Waals surface area contributed by atoms with Gasteiger partial charge >= 0.3 is 0 Å². The van der Waals surface area contributed by atoms with Crippen molar-refractivity contribution in [2.24, 2.45) is 7.05 Å². The van der Waals surface area contributed by atoms with Gasteiger partial charge in [-0.1, -0.05) is 43.0 Å². The van der Waals surface area contributed by atoms with Crippen LogP contribution in [-0.4, -0.2) is 46.3 Å². The Morgan fingerprint density at radius 3 is 2.45 bits per heavy atom. The number of aromatic nitrogens is 2. The summed E-state index contributed by atoms with van der Waals surface area (Å²) >= 11 is 6.14. The van der Waals surface area contributed by atoms with Crippen molar-refractivity contribution in [3.05, 3.63) is 52.8 Å². The van der Waals surface area contributed by atoms with Crippen LogP contribution in [0.1, 0.15) is 61.0 Å². The second-order valence-electron chi connectivity index (χ2n) is 8.71. The van der Waals surface area contributed by atoms with Crippen LogP contribution in [0.25, 0.3) is 0 Å². The lowest BCUT2D eigenvalue weighted by Crippen LogP contribution is -2.49. The lowest BCUT2D eigenvalue weighted by Gasteiger charge is -2.44. The van der Waals surface area contributed by atoms with Gasteiger partial charge in [0.05, 0.1) is 0 Å². The van der Waals surface area contributed by atoms with E-state index in [-0.39, 0.29) is 17.4 Å². The van der Waals surface area contributed by atoms with E-state index in [0.29, 0.717) is 5.69 Å². The van der Waals surface area contributed by atoms with Crippen molar-refractivity contribution < 1.29 is 4.79 Å². The number of carbonyl (C=O) groups is 1. The van der Waals surface area contributed by atoms with Crippen LogP contribution >= 0.6 is 11.6 Å². The molecule has 2 aliphatic rings. The first-order valence-corrected chi connectivity index (χ1v) is 11.2. The lowest BCUT2D eigenvalue weighted by atomic mass is 9.69. The number of piperidine rings is 1. The Balaban J connectivity index is 1.36. The highest BCUT2D eigenvalue weighted by molar-refractivity contribution is 6.30. The van der Waals surface area contributed by atoms with Crippen LogP contribution in [0.5, 0.6) is 0 Å². The molecule has 1 amide bonds. The maximum Gasteiger partial charge on any atom is 0.269 e. The fourth-order valence-electron chi connectivity index (χ4n) is 5.09. The maximum absolute atomic E-state index is 12.5. The summed E-state index contributed by atoms with van der Waals surface area (Å²) in [6.07, 6.45) is 10.1. The minimum atomic E-state index is -0.0200. The van der Waals surface area contributed by atoms with Crippen LogP contribution in [0.3, 0.4) is 0 Å². The number of amides is 1. The molecule has 1 aliphatic heterocycles. The van der Waals surface area contributed by atoms with E-state index in [0.717, 1.165) is 37.5 Å². The predicted molar refractivity (Wildman–Crippen MR) is 116 cm³/mol. The molecular formula is C23H31ClN4O. The molecule has 0 spiro atoms. The van der Waals surface area contributed by atoms with Crippen LogP contribution in [0.15, 0.2) is 36.5 Å². The third kappa shape index (κ3) is 4.67. The highest BCUT2D eigenvalue weighted by Crippen LogP contribution is 2.41. The van der Waals surface area contributed by atoms with E-state index in [2.05, 4.69) is 27.4 Å². The Morgan fingerprint density at radius 1 is 1.14 bits per heavy atom. The molecule has 5 nitrogen and oxygen atoms in total. The van der Waals surface area contributed by atoms with Crippen molar-refractivity contribution in [3.8, 4) is 0 Å². The van der Waals surface area contributed by atoms with Crippen molar-refractivity contribution >= 4 is 17.5 Å². The lowest BCUT2D eigenvalue weighted by molar-refractivity contribution is 0.0882. The molecule has 4 rings (SSSR count). The second-order valence-corrected chi connectivity index (χ2v) is 9.15. The molecule has 1 aromatic carbocycles. The van der Waals surface area contributed by atoms with E-state index in [4.69, 9.17) is 11.6 Å². The number of rotatable bonds is 5.